The Balaban J connectivity index is 0.000000158. The molecule has 15 nitrogen and oxygen atoms in total. The molecular formula is C47H46N10O5. The Kier molecular flexibility index (Phi) is 10.2. The van der Waals surface area contributed by atoms with E-state index < -0.39 is 16.9 Å². The molecule has 0 atom stereocenters. The monoisotopic (exact) mass is 830 g/mol. The molecule has 2 saturated heterocycles. The van der Waals surface area contributed by atoms with Crippen LogP contribution >= 0.6 is 0 Å². The van der Waals surface area contributed by atoms with Crippen LogP contribution in [0.15, 0.2) is 97.6 Å². The first-order chi connectivity index (χ1) is 29.8. The Bertz CT molecular complexity index is 2720. The van der Waals surface area contributed by atoms with Crippen LogP contribution in [0.4, 0.5) is 39.4 Å². The maximum absolute atomic E-state index is 13.5. The van der Waals surface area contributed by atoms with Gasteiger partial charge in [-0.1, -0.05) is 36.4 Å². The topological polar surface area (TPSA) is 160 Å². The number of anilines is 6. The third-order valence-corrected chi connectivity index (χ3v) is 11.8. The molecule has 15 heteroatoms. The molecule has 0 bridgehead atoms. The van der Waals surface area contributed by atoms with Crippen molar-refractivity contribution in [1.29, 1.82) is 0 Å². The van der Waals surface area contributed by atoms with Gasteiger partial charge in [0.25, 0.3) is 0 Å². The molecule has 3 amide bonds. The van der Waals surface area contributed by atoms with E-state index in [1.165, 1.54) is 4.90 Å². The van der Waals surface area contributed by atoms with E-state index in [-0.39, 0.29) is 11.8 Å². The number of aryl methyl sites for hydroxylation is 2. The van der Waals surface area contributed by atoms with E-state index in [0.717, 1.165) is 69.5 Å². The highest BCUT2D eigenvalue weighted by Crippen LogP contribution is 2.48. The lowest BCUT2D eigenvalue weighted by Crippen LogP contribution is -2.37. The van der Waals surface area contributed by atoms with Gasteiger partial charge < -0.3 is 14.4 Å². The molecule has 314 valence electrons. The van der Waals surface area contributed by atoms with Crippen molar-refractivity contribution in [1.82, 2.24) is 29.9 Å². The number of benzene rings is 2. The van der Waals surface area contributed by atoms with Crippen molar-refractivity contribution >= 4 is 52.6 Å². The zero-order valence-electron chi connectivity index (χ0n) is 35.5. The molecule has 0 spiro atoms. The molecule has 8 heterocycles. The van der Waals surface area contributed by atoms with Gasteiger partial charge in [0.05, 0.1) is 42.0 Å². The van der Waals surface area contributed by atoms with Crippen molar-refractivity contribution in [2.75, 3.05) is 59.1 Å². The summed E-state index contributed by atoms with van der Waals surface area (Å²) < 4.78 is 10.5. The van der Waals surface area contributed by atoms with Crippen LogP contribution in [0.25, 0.3) is 22.3 Å². The second kappa shape index (κ2) is 15.7. The first kappa shape index (κ1) is 40.3. The van der Waals surface area contributed by atoms with Crippen molar-refractivity contribution in [2.24, 2.45) is 0 Å². The van der Waals surface area contributed by atoms with Gasteiger partial charge in [-0.15, -0.1) is 0 Å². The summed E-state index contributed by atoms with van der Waals surface area (Å²) >= 11 is 0. The summed E-state index contributed by atoms with van der Waals surface area (Å²) in [5.41, 5.74) is 5.87. The highest BCUT2D eigenvalue weighted by molar-refractivity contribution is 6.13. The van der Waals surface area contributed by atoms with Gasteiger partial charge in [-0.2, -0.15) is 0 Å². The lowest BCUT2D eigenvalue weighted by molar-refractivity contribution is -0.122. The van der Waals surface area contributed by atoms with E-state index in [1.807, 2.05) is 109 Å². The number of cyclic esters (lactones) is 1. The average Bonchev–Trinajstić information content (AvgIpc) is 3.87. The predicted molar refractivity (Wildman–Crippen MR) is 235 cm³/mol. The van der Waals surface area contributed by atoms with Crippen molar-refractivity contribution in [3.05, 3.63) is 120 Å². The number of amides is 3. The van der Waals surface area contributed by atoms with E-state index in [1.54, 1.807) is 40.4 Å². The molecule has 4 aromatic heterocycles. The summed E-state index contributed by atoms with van der Waals surface area (Å²) in [7, 11) is 0. The van der Waals surface area contributed by atoms with Crippen molar-refractivity contribution in [3.63, 3.8) is 0 Å². The molecule has 6 aromatic rings. The number of morpholine rings is 1. The van der Waals surface area contributed by atoms with Gasteiger partial charge in [0.1, 0.15) is 41.5 Å². The summed E-state index contributed by atoms with van der Waals surface area (Å²) in [6.45, 7) is 15.2. The second-order valence-corrected chi connectivity index (χ2v) is 16.6. The van der Waals surface area contributed by atoms with Gasteiger partial charge in [-0.25, -0.2) is 34.7 Å². The Morgan fingerprint density at radius 1 is 0.532 bits per heavy atom. The van der Waals surface area contributed by atoms with E-state index in [4.69, 9.17) is 14.5 Å². The van der Waals surface area contributed by atoms with Crippen LogP contribution < -0.4 is 19.6 Å². The number of pyridine rings is 2. The lowest BCUT2D eigenvalue weighted by atomic mass is 9.85. The summed E-state index contributed by atoms with van der Waals surface area (Å²) in [6, 6.07) is 23.2. The van der Waals surface area contributed by atoms with Crippen LogP contribution in [0.5, 0.6) is 0 Å². The molecule has 2 aromatic carbocycles. The number of carbonyl (C=O) groups excluding carboxylic acids is 3. The van der Waals surface area contributed by atoms with Gasteiger partial charge in [-0.05, 0) is 100 Å². The van der Waals surface area contributed by atoms with Gasteiger partial charge in [-0.3, -0.25) is 24.3 Å². The first-order valence-corrected chi connectivity index (χ1v) is 20.6. The number of nitrogens with zero attached hydrogens (tertiary/aromatic N) is 10. The molecule has 0 unspecified atom stereocenters. The maximum Gasteiger partial charge on any atom is 0.415 e. The SMILES string of the molecule is Cc1ncc(-c2ccc3c(c2)N(c2cccc(N4CCOC4=O)n2)C(=O)C3(C)C)cn1.Cc1ncc(-c2ccc3c(c2)N(c2cccc(N4CCOCC4)n2)C(=O)C3(C)C)cn1. The molecular weight excluding hydrogens is 785 g/mol. The zero-order valence-corrected chi connectivity index (χ0v) is 35.5. The normalized spacial score (nSPS) is 17.4. The molecule has 62 heavy (non-hydrogen) atoms. The van der Waals surface area contributed by atoms with Crippen molar-refractivity contribution in [3.8, 4) is 22.3 Å². The van der Waals surface area contributed by atoms with E-state index in [9.17, 15) is 14.4 Å². The van der Waals surface area contributed by atoms with Gasteiger partial charge in [0, 0.05) is 49.0 Å². The van der Waals surface area contributed by atoms with Crippen LogP contribution in [0.3, 0.4) is 0 Å². The van der Waals surface area contributed by atoms with Gasteiger partial charge in [0.2, 0.25) is 11.8 Å². The first-order valence-electron chi connectivity index (χ1n) is 20.6. The fourth-order valence-electron chi connectivity index (χ4n) is 8.19. The predicted octanol–water partition coefficient (Wildman–Crippen LogP) is 7.40. The van der Waals surface area contributed by atoms with E-state index >= 15 is 0 Å². The number of carbonyl (C=O) groups is 3. The largest absolute Gasteiger partial charge is 0.447 e. The smallest absolute Gasteiger partial charge is 0.415 e. The lowest BCUT2D eigenvalue weighted by Gasteiger charge is -2.29. The van der Waals surface area contributed by atoms with Crippen molar-refractivity contribution in [2.45, 2.75) is 52.4 Å². The van der Waals surface area contributed by atoms with Crippen LogP contribution in [0, 0.1) is 13.8 Å². The minimum atomic E-state index is -0.706. The molecule has 10 rings (SSSR count). The number of rotatable bonds is 6. The highest BCUT2D eigenvalue weighted by atomic mass is 16.6. The summed E-state index contributed by atoms with van der Waals surface area (Å²) in [6.07, 6.45) is 6.74. The third-order valence-electron chi connectivity index (χ3n) is 11.8. The van der Waals surface area contributed by atoms with Crippen LogP contribution in [-0.4, -0.2) is 87.3 Å². The summed E-state index contributed by atoms with van der Waals surface area (Å²) in [4.78, 5) is 72.6. The number of fused-ring (bicyclic) bond motifs is 2. The standard InChI is InChI=1S/C24H25N5O2.C23H21N5O3/c1-16-25-14-18(15-26-16)17-7-8-19-20(13-17)29(23(30)24(19,2)3)22-6-4-5-21(27-22)28-9-11-31-12-10-28;1-14-24-12-16(13-25-14)15-7-8-17-18(11-15)28(21(29)23(17,2)3)20-6-4-5-19(26-20)27-9-10-31-22(27)30/h4-8,13-15H,9-12H2,1-3H3;4-8,11-13H,9-10H2,1-3H3. The number of hydrogen-bond donors (Lipinski definition) is 0. The Morgan fingerprint density at radius 2 is 0.984 bits per heavy atom. The van der Waals surface area contributed by atoms with Gasteiger partial charge >= 0.3 is 6.09 Å². The molecule has 0 N–H and O–H groups in total. The fraction of sp³-hybridized carbons (Fsp3) is 0.298. The number of ether oxygens (including phenoxy) is 2. The Labute approximate surface area is 359 Å². The van der Waals surface area contributed by atoms with E-state index in [0.29, 0.717) is 49.6 Å². The average molecular weight is 831 g/mol. The molecule has 4 aliphatic rings. The minimum absolute atomic E-state index is 0.0198. The molecule has 0 radical (unpaired) electrons. The fourth-order valence-corrected chi connectivity index (χ4v) is 8.19. The summed E-state index contributed by atoms with van der Waals surface area (Å²) in [5.74, 6) is 3.80. The number of hydrogen-bond acceptors (Lipinski definition) is 12. The quantitative estimate of drug-likeness (QED) is 0.164. The molecule has 0 saturated carbocycles. The van der Waals surface area contributed by atoms with E-state index in [2.05, 4.69) is 29.8 Å². The molecule has 4 aliphatic heterocycles. The highest BCUT2D eigenvalue weighted by Gasteiger charge is 2.46. The minimum Gasteiger partial charge on any atom is -0.447 e. The van der Waals surface area contributed by atoms with Crippen LogP contribution in [0.2, 0.25) is 0 Å². The van der Waals surface area contributed by atoms with Gasteiger partial charge in [0.15, 0.2) is 0 Å². The third kappa shape index (κ3) is 7.17. The van der Waals surface area contributed by atoms with Crippen molar-refractivity contribution < 1.29 is 23.9 Å². The Morgan fingerprint density at radius 3 is 1.45 bits per heavy atom. The second-order valence-electron chi connectivity index (χ2n) is 16.6. The Hall–Kier alpha value is -7.13. The molecule has 0 aliphatic carbocycles. The maximum atomic E-state index is 13.5. The molecule has 2 fully saturated rings. The van der Waals surface area contributed by atoms with Crippen LogP contribution in [0.1, 0.15) is 50.5 Å². The summed E-state index contributed by atoms with van der Waals surface area (Å²) in [5, 5.41) is 0. The zero-order chi connectivity index (χ0) is 43.3. The van der Waals surface area contributed by atoms with Crippen LogP contribution in [-0.2, 0) is 29.9 Å². The number of aromatic nitrogens is 6.